The Kier molecular flexibility index (Phi) is 4.36. The molecule has 134 valence electrons. The molecule has 0 saturated carbocycles. The van der Waals surface area contributed by atoms with Gasteiger partial charge in [0.15, 0.2) is 0 Å². The molecule has 1 amide bonds. The Morgan fingerprint density at radius 3 is 2.60 bits per heavy atom. The van der Waals surface area contributed by atoms with Gasteiger partial charge in [0.25, 0.3) is 5.91 Å². The number of aliphatic hydroxyl groups excluding tert-OH is 1. The molecule has 3 rings (SSSR count). The van der Waals surface area contributed by atoms with Gasteiger partial charge in [-0.2, -0.15) is 5.10 Å². The van der Waals surface area contributed by atoms with Crippen molar-refractivity contribution in [3.05, 3.63) is 41.6 Å². The summed E-state index contributed by atoms with van der Waals surface area (Å²) in [6, 6.07) is 3.21. The molecule has 1 N–H and O–H groups in total. The predicted molar refractivity (Wildman–Crippen MR) is 89.1 cm³/mol. The van der Waals surface area contributed by atoms with Crippen molar-refractivity contribution < 1.29 is 18.7 Å². The number of rotatable bonds is 2. The van der Waals surface area contributed by atoms with Gasteiger partial charge in [-0.25, -0.2) is 8.78 Å². The Hall–Kier alpha value is -2.28. The minimum atomic E-state index is -0.769. The molecular weight excluding hydrogens is 328 g/mol. The lowest BCUT2D eigenvalue weighted by atomic mass is 10.1. The first-order chi connectivity index (χ1) is 11.7. The first-order valence-corrected chi connectivity index (χ1v) is 8.19. The standard InChI is InChI=1S/C18H21F2N3O2/c1-18(2,3)23-10-14(17(25)22-7-6-12(24)9-22)16(21-23)13-5-4-11(19)8-15(13)20/h4-5,8,10,12,24H,6-7,9H2,1-3H3/t12-/m1/s1. The zero-order valence-electron chi connectivity index (χ0n) is 14.5. The average molecular weight is 349 g/mol. The van der Waals surface area contributed by atoms with Crippen LogP contribution in [0.2, 0.25) is 0 Å². The lowest BCUT2D eigenvalue weighted by molar-refractivity contribution is 0.0765. The van der Waals surface area contributed by atoms with Crippen molar-refractivity contribution in [2.45, 2.75) is 38.8 Å². The summed E-state index contributed by atoms with van der Waals surface area (Å²) in [6.45, 7) is 6.42. The lowest BCUT2D eigenvalue weighted by Gasteiger charge is -2.19. The number of hydrogen-bond acceptors (Lipinski definition) is 3. The van der Waals surface area contributed by atoms with Crippen molar-refractivity contribution in [3.63, 3.8) is 0 Å². The van der Waals surface area contributed by atoms with Crippen LogP contribution >= 0.6 is 0 Å². The maximum absolute atomic E-state index is 14.3. The zero-order valence-corrected chi connectivity index (χ0v) is 14.5. The van der Waals surface area contributed by atoms with Crippen LogP contribution in [0.25, 0.3) is 11.3 Å². The number of carbonyl (C=O) groups is 1. The summed E-state index contributed by atoms with van der Waals surface area (Å²) in [6.07, 6.45) is 1.55. The number of hydrogen-bond donors (Lipinski definition) is 1. The quantitative estimate of drug-likeness (QED) is 0.907. The number of β-amino-alcohol motifs (C(OH)–C–C–N with tert-alkyl or cyclic N) is 1. The van der Waals surface area contributed by atoms with Gasteiger partial charge in [-0.1, -0.05) is 0 Å². The fraction of sp³-hybridized carbons (Fsp3) is 0.444. The van der Waals surface area contributed by atoms with Crippen molar-refractivity contribution in [1.29, 1.82) is 0 Å². The van der Waals surface area contributed by atoms with E-state index in [1.165, 1.54) is 11.0 Å². The Labute approximate surface area is 144 Å². The van der Waals surface area contributed by atoms with E-state index in [9.17, 15) is 18.7 Å². The van der Waals surface area contributed by atoms with Crippen molar-refractivity contribution >= 4 is 5.91 Å². The van der Waals surface area contributed by atoms with E-state index < -0.39 is 23.3 Å². The van der Waals surface area contributed by atoms with Crippen LogP contribution in [0.3, 0.4) is 0 Å². The van der Waals surface area contributed by atoms with Crippen LogP contribution in [0.4, 0.5) is 8.78 Å². The number of aromatic nitrogens is 2. The smallest absolute Gasteiger partial charge is 0.257 e. The van der Waals surface area contributed by atoms with Crippen LogP contribution in [0.15, 0.2) is 24.4 Å². The summed E-state index contributed by atoms with van der Waals surface area (Å²) < 4.78 is 29.1. The van der Waals surface area contributed by atoms with Crippen LogP contribution in [-0.2, 0) is 5.54 Å². The molecule has 1 fully saturated rings. The Morgan fingerprint density at radius 1 is 1.32 bits per heavy atom. The van der Waals surface area contributed by atoms with Crippen molar-refractivity contribution in [2.24, 2.45) is 0 Å². The molecular formula is C18H21F2N3O2. The van der Waals surface area contributed by atoms with Gasteiger partial charge in [-0.15, -0.1) is 0 Å². The molecule has 2 aromatic rings. The maximum atomic E-state index is 14.3. The van der Waals surface area contributed by atoms with E-state index in [1.54, 1.807) is 10.9 Å². The first-order valence-electron chi connectivity index (χ1n) is 8.19. The Bertz CT molecular complexity index is 811. The summed E-state index contributed by atoms with van der Waals surface area (Å²) in [5.41, 5.74) is 0.0924. The molecule has 25 heavy (non-hydrogen) atoms. The van der Waals surface area contributed by atoms with E-state index >= 15 is 0 Å². The average Bonchev–Trinajstić information content (AvgIpc) is 3.12. The van der Waals surface area contributed by atoms with Crippen molar-refractivity contribution in [1.82, 2.24) is 14.7 Å². The summed E-state index contributed by atoms with van der Waals surface area (Å²) in [7, 11) is 0. The van der Waals surface area contributed by atoms with Crippen LogP contribution in [-0.4, -0.2) is 44.9 Å². The van der Waals surface area contributed by atoms with Crippen LogP contribution in [0, 0.1) is 11.6 Å². The third kappa shape index (κ3) is 3.42. The van der Waals surface area contributed by atoms with E-state index in [-0.39, 0.29) is 29.3 Å². The third-order valence-corrected chi connectivity index (χ3v) is 4.27. The van der Waals surface area contributed by atoms with Crippen LogP contribution in [0.5, 0.6) is 0 Å². The highest BCUT2D eigenvalue weighted by Gasteiger charge is 2.31. The summed E-state index contributed by atoms with van der Waals surface area (Å²) in [5, 5.41) is 14.1. The molecule has 1 aliphatic rings. The second kappa shape index (κ2) is 6.22. The zero-order chi connectivity index (χ0) is 18.4. The minimum Gasteiger partial charge on any atom is -0.391 e. The highest BCUT2D eigenvalue weighted by atomic mass is 19.1. The number of carbonyl (C=O) groups excluding carboxylic acids is 1. The molecule has 1 aliphatic heterocycles. The van der Waals surface area contributed by atoms with E-state index in [1.807, 2.05) is 20.8 Å². The molecule has 7 heteroatoms. The molecule has 1 atom stereocenters. The van der Waals surface area contributed by atoms with E-state index in [4.69, 9.17) is 0 Å². The molecule has 0 unspecified atom stereocenters. The highest BCUT2D eigenvalue weighted by Crippen LogP contribution is 2.29. The summed E-state index contributed by atoms with van der Waals surface area (Å²) in [5.74, 6) is -1.77. The molecule has 1 aromatic carbocycles. The number of benzene rings is 1. The maximum Gasteiger partial charge on any atom is 0.257 e. The molecule has 0 bridgehead atoms. The molecule has 0 radical (unpaired) electrons. The lowest BCUT2D eigenvalue weighted by Crippen LogP contribution is -2.29. The van der Waals surface area contributed by atoms with Crippen molar-refractivity contribution in [3.8, 4) is 11.3 Å². The fourth-order valence-corrected chi connectivity index (χ4v) is 2.85. The molecule has 5 nitrogen and oxygen atoms in total. The van der Waals surface area contributed by atoms with Gasteiger partial charge < -0.3 is 10.0 Å². The van der Waals surface area contributed by atoms with Gasteiger partial charge in [0.05, 0.1) is 17.2 Å². The van der Waals surface area contributed by atoms with Gasteiger partial charge in [0.2, 0.25) is 0 Å². The van der Waals surface area contributed by atoms with E-state index in [0.29, 0.717) is 13.0 Å². The number of nitrogens with zero attached hydrogens (tertiary/aromatic N) is 3. The molecule has 0 spiro atoms. The summed E-state index contributed by atoms with van der Waals surface area (Å²) in [4.78, 5) is 14.4. The van der Waals surface area contributed by atoms with E-state index in [0.717, 1.165) is 12.1 Å². The first kappa shape index (κ1) is 17.5. The third-order valence-electron chi connectivity index (χ3n) is 4.27. The SMILES string of the molecule is CC(C)(C)n1cc(C(=O)N2CC[C@@H](O)C2)c(-c2ccc(F)cc2F)n1. The number of halogens is 2. The van der Waals surface area contributed by atoms with Crippen molar-refractivity contribution in [2.75, 3.05) is 13.1 Å². The second-order valence-corrected chi connectivity index (χ2v) is 7.32. The van der Waals surface area contributed by atoms with Gasteiger partial charge in [0.1, 0.15) is 17.3 Å². The number of likely N-dealkylation sites (tertiary alicyclic amines) is 1. The van der Waals surface area contributed by atoms with Gasteiger partial charge in [-0.3, -0.25) is 9.48 Å². The fourth-order valence-electron chi connectivity index (χ4n) is 2.85. The summed E-state index contributed by atoms with van der Waals surface area (Å²) >= 11 is 0. The van der Waals surface area contributed by atoms with Crippen LogP contribution in [0.1, 0.15) is 37.6 Å². The molecule has 1 aromatic heterocycles. The highest BCUT2D eigenvalue weighted by molar-refractivity contribution is 6.00. The topological polar surface area (TPSA) is 58.4 Å². The van der Waals surface area contributed by atoms with Gasteiger partial charge in [-0.05, 0) is 39.3 Å². The number of amides is 1. The predicted octanol–water partition coefficient (Wildman–Crippen LogP) is 2.79. The monoisotopic (exact) mass is 349 g/mol. The molecule has 1 saturated heterocycles. The minimum absolute atomic E-state index is 0.0764. The molecule has 0 aliphatic carbocycles. The Morgan fingerprint density at radius 2 is 2.04 bits per heavy atom. The van der Waals surface area contributed by atoms with E-state index in [2.05, 4.69) is 5.10 Å². The number of aliphatic hydroxyl groups is 1. The normalized spacial score (nSPS) is 18.0. The van der Waals surface area contributed by atoms with Crippen LogP contribution < -0.4 is 0 Å². The van der Waals surface area contributed by atoms with Gasteiger partial charge in [0, 0.05) is 30.9 Å². The Balaban J connectivity index is 2.10. The largest absolute Gasteiger partial charge is 0.391 e. The second-order valence-electron chi connectivity index (χ2n) is 7.32. The molecule has 2 heterocycles. The van der Waals surface area contributed by atoms with Gasteiger partial charge >= 0.3 is 0 Å².